The molecule has 1 aliphatic rings. The van der Waals surface area contributed by atoms with E-state index in [9.17, 15) is 0 Å². The van der Waals surface area contributed by atoms with E-state index < -0.39 is 0 Å². The van der Waals surface area contributed by atoms with Crippen molar-refractivity contribution >= 4 is 0 Å². The fourth-order valence-electron chi connectivity index (χ4n) is 1.29. The predicted octanol–water partition coefficient (Wildman–Crippen LogP) is 1.30. The molecule has 0 bridgehead atoms. The van der Waals surface area contributed by atoms with Crippen molar-refractivity contribution < 1.29 is 4.74 Å². The molecule has 0 unspecified atom stereocenters. The van der Waals surface area contributed by atoms with Gasteiger partial charge in [0.1, 0.15) is 0 Å². The Morgan fingerprint density at radius 3 is 2.73 bits per heavy atom. The molecular weight excluding hydrogens is 138 g/mol. The van der Waals surface area contributed by atoms with Crippen LogP contribution in [0.5, 0.6) is 0 Å². The highest BCUT2D eigenvalue weighted by Gasteiger charge is 2.15. The van der Waals surface area contributed by atoms with Crippen LogP contribution in [0.4, 0.5) is 0 Å². The lowest BCUT2D eigenvalue weighted by Gasteiger charge is -2.06. The number of benzene rings is 1. The third-order valence-corrected chi connectivity index (χ3v) is 1.92. The van der Waals surface area contributed by atoms with Gasteiger partial charge in [-0.05, 0) is 5.56 Å². The van der Waals surface area contributed by atoms with Gasteiger partial charge in [0, 0.05) is 0 Å². The molecule has 0 aliphatic carbocycles. The lowest BCUT2D eigenvalue weighted by atomic mass is 10.1. The summed E-state index contributed by atoms with van der Waals surface area (Å²) in [5.74, 6) is 0. The molecule has 1 atom stereocenters. The summed E-state index contributed by atoms with van der Waals surface area (Å²) in [7, 11) is 0. The molecule has 2 rings (SSSR count). The lowest BCUT2D eigenvalue weighted by molar-refractivity contribution is 0.189. The third-order valence-electron chi connectivity index (χ3n) is 1.92. The van der Waals surface area contributed by atoms with Gasteiger partial charge in [0.25, 0.3) is 0 Å². The molecule has 1 aliphatic heterocycles. The maximum Gasteiger partial charge on any atom is 0.0971 e. The zero-order chi connectivity index (χ0) is 7.52. The van der Waals surface area contributed by atoms with E-state index in [1.54, 1.807) is 0 Å². The Kier molecular flexibility index (Phi) is 1.88. The SMILES string of the molecule is c1ccc([C@H]2COCN2)cc1. The van der Waals surface area contributed by atoms with Crippen LogP contribution < -0.4 is 5.32 Å². The van der Waals surface area contributed by atoms with Crippen LogP contribution in [0.2, 0.25) is 0 Å². The Morgan fingerprint density at radius 2 is 2.09 bits per heavy atom. The van der Waals surface area contributed by atoms with Crippen LogP contribution in [-0.4, -0.2) is 13.3 Å². The lowest BCUT2D eigenvalue weighted by Crippen LogP contribution is -2.14. The monoisotopic (exact) mass is 149 g/mol. The van der Waals surface area contributed by atoms with Gasteiger partial charge >= 0.3 is 0 Å². The molecule has 0 amide bonds. The molecule has 58 valence electrons. The molecule has 2 heteroatoms. The smallest absolute Gasteiger partial charge is 0.0971 e. The van der Waals surface area contributed by atoms with Crippen LogP contribution in [0.3, 0.4) is 0 Å². The molecule has 1 aromatic carbocycles. The number of nitrogens with one attached hydrogen (secondary N) is 1. The Hall–Kier alpha value is -0.860. The maximum atomic E-state index is 5.20. The van der Waals surface area contributed by atoms with Crippen molar-refractivity contribution in [2.75, 3.05) is 13.3 Å². The first kappa shape index (κ1) is 6.83. The van der Waals surface area contributed by atoms with E-state index in [2.05, 4.69) is 29.6 Å². The van der Waals surface area contributed by atoms with Crippen molar-refractivity contribution in [3.8, 4) is 0 Å². The van der Waals surface area contributed by atoms with Gasteiger partial charge < -0.3 is 4.74 Å². The van der Waals surface area contributed by atoms with Gasteiger partial charge in [-0.2, -0.15) is 0 Å². The molecule has 11 heavy (non-hydrogen) atoms. The van der Waals surface area contributed by atoms with E-state index >= 15 is 0 Å². The van der Waals surface area contributed by atoms with Crippen LogP contribution in [0, 0.1) is 0 Å². The number of ether oxygens (including phenoxy) is 1. The minimum Gasteiger partial charge on any atom is -0.364 e. The van der Waals surface area contributed by atoms with E-state index in [1.165, 1.54) is 5.56 Å². The largest absolute Gasteiger partial charge is 0.364 e. The van der Waals surface area contributed by atoms with Crippen LogP contribution in [0.25, 0.3) is 0 Å². The van der Waals surface area contributed by atoms with Gasteiger partial charge in [-0.15, -0.1) is 0 Å². The summed E-state index contributed by atoms with van der Waals surface area (Å²) < 4.78 is 5.20. The summed E-state index contributed by atoms with van der Waals surface area (Å²) >= 11 is 0. The number of rotatable bonds is 1. The van der Waals surface area contributed by atoms with Crippen molar-refractivity contribution in [1.82, 2.24) is 5.32 Å². The highest BCUT2D eigenvalue weighted by molar-refractivity contribution is 5.19. The molecule has 0 spiro atoms. The fraction of sp³-hybridized carbons (Fsp3) is 0.333. The van der Waals surface area contributed by atoms with Crippen LogP contribution in [-0.2, 0) is 4.74 Å². The molecular formula is C9H11NO. The zero-order valence-corrected chi connectivity index (χ0v) is 6.29. The average Bonchev–Trinajstić information content (AvgIpc) is 2.58. The summed E-state index contributed by atoms with van der Waals surface area (Å²) in [6.45, 7) is 1.48. The van der Waals surface area contributed by atoms with Crippen LogP contribution in [0.1, 0.15) is 11.6 Å². The van der Waals surface area contributed by atoms with Crippen LogP contribution in [0.15, 0.2) is 30.3 Å². The van der Waals surface area contributed by atoms with E-state index in [1.807, 2.05) is 6.07 Å². The summed E-state index contributed by atoms with van der Waals surface area (Å²) in [5.41, 5.74) is 1.31. The number of hydrogen-bond acceptors (Lipinski definition) is 2. The molecule has 0 aromatic heterocycles. The van der Waals surface area contributed by atoms with Gasteiger partial charge in [0.2, 0.25) is 0 Å². The second-order valence-electron chi connectivity index (χ2n) is 2.68. The van der Waals surface area contributed by atoms with E-state index in [0.717, 1.165) is 6.61 Å². The molecule has 0 saturated carbocycles. The Bertz CT molecular complexity index is 216. The Balaban J connectivity index is 2.16. The average molecular weight is 149 g/mol. The highest BCUT2D eigenvalue weighted by atomic mass is 16.5. The molecule has 1 aromatic rings. The van der Waals surface area contributed by atoms with Crippen molar-refractivity contribution in [2.24, 2.45) is 0 Å². The zero-order valence-electron chi connectivity index (χ0n) is 6.29. The quantitative estimate of drug-likeness (QED) is 0.650. The first-order valence-electron chi connectivity index (χ1n) is 3.83. The molecule has 2 nitrogen and oxygen atoms in total. The molecule has 1 fully saturated rings. The fourth-order valence-corrected chi connectivity index (χ4v) is 1.29. The molecule has 1 N–H and O–H groups in total. The summed E-state index contributed by atoms with van der Waals surface area (Å²) in [6, 6.07) is 10.8. The maximum absolute atomic E-state index is 5.20. The third kappa shape index (κ3) is 1.42. The summed E-state index contributed by atoms with van der Waals surface area (Å²) in [4.78, 5) is 0. The minimum absolute atomic E-state index is 0.399. The molecule has 0 radical (unpaired) electrons. The van der Waals surface area contributed by atoms with Gasteiger partial charge in [0.05, 0.1) is 19.4 Å². The minimum atomic E-state index is 0.399. The van der Waals surface area contributed by atoms with Gasteiger partial charge in [-0.1, -0.05) is 30.3 Å². The first-order chi connectivity index (χ1) is 5.47. The van der Waals surface area contributed by atoms with Crippen molar-refractivity contribution in [1.29, 1.82) is 0 Å². The normalized spacial score (nSPS) is 23.8. The molecule has 1 heterocycles. The Labute approximate surface area is 66.2 Å². The van der Waals surface area contributed by atoms with Gasteiger partial charge in [-0.3, -0.25) is 5.32 Å². The molecule has 1 saturated heterocycles. The highest BCUT2D eigenvalue weighted by Crippen LogP contribution is 2.15. The van der Waals surface area contributed by atoms with Crippen molar-refractivity contribution in [2.45, 2.75) is 6.04 Å². The Morgan fingerprint density at radius 1 is 1.27 bits per heavy atom. The topological polar surface area (TPSA) is 21.3 Å². The van der Waals surface area contributed by atoms with Crippen molar-refractivity contribution in [3.05, 3.63) is 35.9 Å². The summed E-state index contributed by atoms with van der Waals surface area (Å²) in [6.07, 6.45) is 0. The van der Waals surface area contributed by atoms with Crippen molar-refractivity contribution in [3.63, 3.8) is 0 Å². The second kappa shape index (κ2) is 3.03. The van der Waals surface area contributed by atoms with E-state index in [0.29, 0.717) is 12.8 Å². The second-order valence-corrected chi connectivity index (χ2v) is 2.68. The van der Waals surface area contributed by atoms with Crippen LogP contribution >= 0.6 is 0 Å². The van der Waals surface area contributed by atoms with E-state index in [-0.39, 0.29) is 0 Å². The number of hydrogen-bond donors (Lipinski definition) is 1. The van der Waals surface area contributed by atoms with E-state index in [4.69, 9.17) is 4.74 Å². The van der Waals surface area contributed by atoms with Gasteiger partial charge in [-0.25, -0.2) is 0 Å². The first-order valence-corrected chi connectivity index (χ1v) is 3.83. The summed E-state index contributed by atoms with van der Waals surface area (Å²) in [5, 5.41) is 3.25. The predicted molar refractivity (Wildman–Crippen MR) is 43.1 cm³/mol. The van der Waals surface area contributed by atoms with Gasteiger partial charge in [0.15, 0.2) is 0 Å². The standard InChI is InChI=1S/C9H11NO/c1-2-4-8(5-3-1)9-6-11-7-10-9/h1-5,9-10H,6-7H2/t9-/m1/s1.